The molecule has 0 saturated carbocycles. The molecule has 1 amide bonds. The number of rotatable bonds is 3. The first-order chi connectivity index (χ1) is 11.7. The van der Waals surface area contributed by atoms with E-state index in [1.165, 1.54) is 0 Å². The summed E-state index contributed by atoms with van der Waals surface area (Å²) in [7, 11) is 0. The number of aliphatic imine (C=N–C) groups is 1. The van der Waals surface area contributed by atoms with Gasteiger partial charge in [0.1, 0.15) is 0 Å². The maximum Gasteiger partial charge on any atom is 0.255 e. The molecule has 4 rings (SSSR count). The molecular formula is C18H16ClN3OS. The van der Waals surface area contributed by atoms with Crippen LogP contribution in [0, 0.1) is 0 Å². The molecule has 1 saturated heterocycles. The second-order valence-corrected chi connectivity index (χ2v) is 7.31. The fourth-order valence-electron chi connectivity index (χ4n) is 2.94. The Balaban J connectivity index is 1.51. The third-order valence-corrected chi connectivity index (χ3v) is 5.38. The highest BCUT2D eigenvalue weighted by atomic mass is 35.5. The van der Waals surface area contributed by atoms with Crippen LogP contribution in [0.15, 0.2) is 53.5 Å². The van der Waals surface area contributed by atoms with Crippen molar-refractivity contribution in [1.29, 1.82) is 0 Å². The van der Waals surface area contributed by atoms with Gasteiger partial charge in [0.25, 0.3) is 5.91 Å². The number of benzene rings is 2. The van der Waals surface area contributed by atoms with Gasteiger partial charge in [0.15, 0.2) is 5.17 Å². The van der Waals surface area contributed by atoms with Crippen molar-refractivity contribution >= 4 is 40.1 Å². The van der Waals surface area contributed by atoms with Gasteiger partial charge in [-0.3, -0.25) is 9.79 Å². The number of nitrogens with zero attached hydrogens (tertiary/aromatic N) is 2. The highest BCUT2D eigenvalue weighted by Crippen LogP contribution is 2.33. The van der Waals surface area contributed by atoms with Crippen molar-refractivity contribution in [1.82, 2.24) is 4.90 Å². The molecule has 2 aromatic carbocycles. The summed E-state index contributed by atoms with van der Waals surface area (Å²) in [6, 6.07) is 15.0. The molecule has 1 atom stereocenters. The van der Waals surface area contributed by atoms with E-state index in [1.54, 1.807) is 24.3 Å². The van der Waals surface area contributed by atoms with Crippen LogP contribution in [0.1, 0.15) is 22.0 Å². The lowest BCUT2D eigenvalue weighted by Crippen LogP contribution is -2.21. The monoisotopic (exact) mass is 357 g/mol. The van der Waals surface area contributed by atoms with Gasteiger partial charge in [-0.15, -0.1) is 0 Å². The van der Waals surface area contributed by atoms with Gasteiger partial charge >= 0.3 is 0 Å². The topological polar surface area (TPSA) is 44.7 Å². The van der Waals surface area contributed by atoms with Gasteiger partial charge in [0.2, 0.25) is 0 Å². The smallest absolute Gasteiger partial charge is 0.255 e. The number of carbonyl (C=O) groups is 1. The second kappa shape index (κ2) is 6.49. The Kier molecular flexibility index (Phi) is 4.21. The molecule has 2 aliphatic rings. The lowest BCUT2D eigenvalue weighted by Gasteiger charge is -2.14. The van der Waals surface area contributed by atoms with Crippen LogP contribution >= 0.6 is 23.4 Å². The first-order valence-electron chi connectivity index (χ1n) is 7.81. The zero-order valence-electron chi connectivity index (χ0n) is 12.9. The molecule has 6 heteroatoms. The molecule has 122 valence electrons. The molecule has 2 aliphatic heterocycles. The quantitative estimate of drug-likeness (QED) is 0.901. The third-order valence-electron chi connectivity index (χ3n) is 4.14. The minimum absolute atomic E-state index is 0.149. The Bertz CT molecular complexity index is 823. The van der Waals surface area contributed by atoms with Crippen LogP contribution in [-0.4, -0.2) is 34.8 Å². The molecule has 4 nitrogen and oxygen atoms in total. The van der Waals surface area contributed by atoms with Crippen molar-refractivity contribution in [3.63, 3.8) is 0 Å². The highest BCUT2D eigenvalue weighted by molar-refractivity contribution is 8.14. The molecule has 0 aliphatic carbocycles. The number of carbonyl (C=O) groups excluding carboxylic acids is 1. The first-order valence-corrected chi connectivity index (χ1v) is 9.18. The predicted octanol–water partition coefficient (Wildman–Crippen LogP) is 4.05. The van der Waals surface area contributed by atoms with Crippen LogP contribution in [-0.2, 0) is 0 Å². The van der Waals surface area contributed by atoms with Crippen molar-refractivity contribution in [2.45, 2.75) is 6.04 Å². The van der Waals surface area contributed by atoms with Crippen LogP contribution in [0.4, 0.5) is 5.69 Å². The van der Waals surface area contributed by atoms with Crippen LogP contribution in [0.25, 0.3) is 0 Å². The second-order valence-electron chi connectivity index (χ2n) is 5.81. The SMILES string of the molecule is O=C(Nc1cccc(C2CN3CCSC3=N2)c1)c1cccc(Cl)c1. The number of nitrogens with one attached hydrogen (secondary N) is 1. The number of hydrogen-bond acceptors (Lipinski definition) is 4. The summed E-state index contributed by atoms with van der Waals surface area (Å²) in [5, 5.41) is 4.63. The molecule has 24 heavy (non-hydrogen) atoms. The molecule has 1 fully saturated rings. The maximum absolute atomic E-state index is 12.3. The molecule has 1 unspecified atom stereocenters. The van der Waals surface area contributed by atoms with Gasteiger partial charge in [-0.1, -0.05) is 41.6 Å². The number of fused-ring (bicyclic) bond motifs is 1. The third kappa shape index (κ3) is 3.14. The minimum Gasteiger partial charge on any atom is -0.348 e. The summed E-state index contributed by atoms with van der Waals surface area (Å²) in [5.74, 6) is 0.963. The van der Waals surface area contributed by atoms with E-state index in [0.717, 1.165) is 35.3 Å². The number of thioether (sulfide) groups is 1. The molecule has 2 heterocycles. The summed E-state index contributed by atoms with van der Waals surface area (Å²) in [4.78, 5) is 19.5. The van der Waals surface area contributed by atoms with Crippen molar-refractivity contribution in [3.8, 4) is 0 Å². The normalized spacial score (nSPS) is 19.1. The Hall–Kier alpha value is -1.98. The maximum atomic E-state index is 12.3. The highest BCUT2D eigenvalue weighted by Gasteiger charge is 2.30. The largest absolute Gasteiger partial charge is 0.348 e. The van der Waals surface area contributed by atoms with Gasteiger partial charge < -0.3 is 10.2 Å². The van der Waals surface area contributed by atoms with Crippen molar-refractivity contribution in [3.05, 3.63) is 64.7 Å². The van der Waals surface area contributed by atoms with E-state index in [9.17, 15) is 4.79 Å². The van der Waals surface area contributed by atoms with Gasteiger partial charge in [-0.25, -0.2) is 0 Å². The number of amidine groups is 1. The van der Waals surface area contributed by atoms with E-state index < -0.39 is 0 Å². The lowest BCUT2D eigenvalue weighted by atomic mass is 10.1. The van der Waals surface area contributed by atoms with Gasteiger partial charge in [-0.05, 0) is 35.9 Å². The summed E-state index contributed by atoms with van der Waals surface area (Å²) >= 11 is 7.77. The van der Waals surface area contributed by atoms with E-state index in [0.29, 0.717) is 10.6 Å². The van der Waals surface area contributed by atoms with Crippen LogP contribution < -0.4 is 5.32 Å². The Morgan fingerprint density at radius 3 is 2.96 bits per heavy atom. The summed E-state index contributed by atoms with van der Waals surface area (Å²) in [6.45, 7) is 2.00. The molecule has 0 aromatic heterocycles. The fourth-order valence-corrected chi connectivity index (χ4v) is 4.18. The predicted molar refractivity (Wildman–Crippen MR) is 100 cm³/mol. The Labute approximate surface area is 149 Å². The Morgan fingerprint density at radius 2 is 2.12 bits per heavy atom. The van der Waals surface area contributed by atoms with Gasteiger partial charge in [0, 0.05) is 35.1 Å². The average Bonchev–Trinajstić information content (AvgIpc) is 3.17. The van der Waals surface area contributed by atoms with Gasteiger partial charge in [0.05, 0.1) is 6.04 Å². The minimum atomic E-state index is -0.163. The van der Waals surface area contributed by atoms with E-state index >= 15 is 0 Å². The zero-order chi connectivity index (χ0) is 16.5. The fraction of sp³-hybridized carbons (Fsp3) is 0.222. The lowest BCUT2D eigenvalue weighted by molar-refractivity contribution is 0.102. The van der Waals surface area contributed by atoms with E-state index in [2.05, 4.69) is 16.3 Å². The molecule has 0 spiro atoms. The van der Waals surface area contributed by atoms with Crippen molar-refractivity contribution in [2.24, 2.45) is 4.99 Å². The van der Waals surface area contributed by atoms with Crippen LogP contribution in [0.2, 0.25) is 5.02 Å². The number of hydrogen-bond donors (Lipinski definition) is 1. The van der Waals surface area contributed by atoms with E-state index in [-0.39, 0.29) is 11.9 Å². The summed E-state index contributed by atoms with van der Waals surface area (Å²) in [5.41, 5.74) is 2.45. The first kappa shape index (κ1) is 15.5. The standard InChI is InChI=1S/C18H16ClN3OS/c19-14-5-1-4-13(9-14)17(23)20-15-6-2-3-12(10-15)16-11-22-7-8-24-18(22)21-16/h1-6,9-10,16H,7-8,11H2,(H,20,23). The summed E-state index contributed by atoms with van der Waals surface area (Å²) < 4.78 is 0. The van der Waals surface area contributed by atoms with Crippen LogP contribution in [0.5, 0.6) is 0 Å². The molecule has 1 N–H and O–H groups in total. The molecule has 0 radical (unpaired) electrons. The van der Waals surface area contributed by atoms with Crippen molar-refractivity contribution < 1.29 is 4.79 Å². The van der Waals surface area contributed by atoms with Crippen molar-refractivity contribution in [2.75, 3.05) is 24.2 Å². The number of anilines is 1. The summed E-state index contributed by atoms with van der Waals surface area (Å²) in [6.07, 6.45) is 0. The molecule has 2 aromatic rings. The number of halogens is 1. The Morgan fingerprint density at radius 1 is 1.25 bits per heavy atom. The zero-order valence-corrected chi connectivity index (χ0v) is 14.5. The molecular weight excluding hydrogens is 342 g/mol. The van der Waals surface area contributed by atoms with E-state index in [4.69, 9.17) is 16.6 Å². The van der Waals surface area contributed by atoms with E-state index in [1.807, 2.05) is 30.0 Å². The van der Waals surface area contributed by atoms with Crippen LogP contribution in [0.3, 0.4) is 0 Å². The number of amides is 1. The van der Waals surface area contributed by atoms with Gasteiger partial charge in [-0.2, -0.15) is 0 Å². The average molecular weight is 358 g/mol. The molecule has 0 bridgehead atoms.